The van der Waals surface area contributed by atoms with E-state index < -0.39 is 5.54 Å². The molecule has 0 aliphatic carbocycles. The highest BCUT2D eigenvalue weighted by Gasteiger charge is 2.45. The van der Waals surface area contributed by atoms with Gasteiger partial charge >= 0.3 is 0 Å². The fourth-order valence-corrected chi connectivity index (χ4v) is 3.00. The molecule has 22 heavy (non-hydrogen) atoms. The Balaban J connectivity index is 1.80. The largest absolute Gasteiger partial charge is 0.469 e. The van der Waals surface area contributed by atoms with Gasteiger partial charge in [-0.15, -0.1) is 0 Å². The van der Waals surface area contributed by atoms with Crippen molar-refractivity contribution in [2.75, 3.05) is 13.1 Å². The van der Waals surface area contributed by atoms with E-state index in [2.05, 4.69) is 20.4 Å². The first-order valence-corrected chi connectivity index (χ1v) is 7.33. The lowest BCUT2D eigenvalue weighted by Crippen LogP contribution is -2.47. The van der Waals surface area contributed by atoms with Gasteiger partial charge in [-0.3, -0.25) is 9.69 Å². The Morgan fingerprint density at radius 1 is 1.50 bits per heavy atom. The number of hydrogen-bond acceptors (Lipinski definition) is 6. The van der Waals surface area contributed by atoms with Gasteiger partial charge in [-0.05, 0) is 26.3 Å². The van der Waals surface area contributed by atoms with Crippen LogP contribution in [0.2, 0.25) is 0 Å². The first-order chi connectivity index (χ1) is 10.5. The van der Waals surface area contributed by atoms with E-state index in [0.29, 0.717) is 18.3 Å². The van der Waals surface area contributed by atoms with Crippen molar-refractivity contribution in [2.45, 2.75) is 39.3 Å². The number of furan rings is 1. The van der Waals surface area contributed by atoms with E-state index in [1.807, 2.05) is 13.0 Å². The number of rotatable bonds is 4. The molecule has 0 bridgehead atoms. The van der Waals surface area contributed by atoms with Gasteiger partial charge in [-0.25, -0.2) is 0 Å². The average molecular weight is 304 g/mol. The number of carbonyl (C=O) groups is 1. The molecule has 1 amide bonds. The second-order valence-electron chi connectivity index (χ2n) is 5.87. The van der Waals surface area contributed by atoms with Crippen LogP contribution in [0, 0.1) is 13.8 Å². The number of nitrogens with one attached hydrogen (secondary N) is 1. The summed E-state index contributed by atoms with van der Waals surface area (Å²) in [6.07, 6.45) is 2.44. The van der Waals surface area contributed by atoms with E-state index in [1.54, 1.807) is 13.2 Å². The Kier molecular flexibility index (Phi) is 3.74. The van der Waals surface area contributed by atoms with Crippen LogP contribution in [0.25, 0.3) is 0 Å². The Hall–Kier alpha value is -2.15. The van der Waals surface area contributed by atoms with Crippen LogP contribution in [-0.2, 0) is 16.9 Å². The van der Waals surface area contributed by atoms with Gasteiger partial charge in [0.25, 0.3) is 5.89 Å². The molecule has 3 rings (SSSR count). The molecule has 0 radical (unpaired) electrons. The molecule has 7 heteroatoms. The van der Waals surface area contributed by atoms with Crippen LogP contribution in [0.4, 0.5) is 0 Å². The highest BCUT2D eigenvalue weighted by molar-refractivity contribution is 5.74. The lowest BCUT2D eigenvalue weighted by Gasteiger charge is -2.26. The third kappa shape index (κ3) is 2.76. The zero-order valence-electron chi connectivity index (χ0n) is 13.0. The lowest BCUT2D eigenvalue weighted by atomic mass is 9.98. The summed E-state index contributed by atoms with van der Waals surface area (Å²) in [4.78, 5) is 18.2. The van der Waals surface area contributed by atoms with Crippen LogP contribution in [0.1, 0.15) is 36.4 Å². The molecular weight excluding hydrogens is 284 g/mol. The monoisotopic (exact) mass is 304 g/mol. The van der Waals surface area contributed by atoms with Crippen molar-refractivity contribution >= 4 is 5.91 Å². The molecular formula is C15H20N4O3. The maximum Gasteiger partial charge on any atom is 0.253 e. The molecule has 0 saturated carbocycles. The molecule has 2 aromatic rings. The zero-order chi connectivity index (χ0) is 15.7. The van der Waals surface area contributed by atoms with Crippen molar-refractivity contribution in [3.63, 3.8) is 0 Å². The van der Waals surface area contributed by atoms with E-state index >= 15 is 0 Å². The van der Waals surface area contributed by atoms with Crippen LogP contribution in [0.3, 0.4) is 0 Å². The molecule has 1 N–H and O–H groups in total. The number of hydrogen-bond donors (Lipinski definition) is 1. The van der Waals surface area contributed by atoms with Crippen LogP contribution < -0.4 is 5.32 Å². The maximum atomic E-state index is 11.6. The molecule has 1 unspecified atom stereocenters. The molecule has 1 aliphatic heterocycles. The van der Waals surface area contributed by atoms with Crippen molar-refractivity contribution in [3.05, 3.63) is 35.4 Å². The smallest absolute Gasteiger partial charge is 0.253 e. The fraction of sp³-hybridized carbons (Fsp3) is 0.533. The van der Waals surface area contributed by atoms with Gasteiger partial charge in [0, 0.05) is 32.1 Å². The summed E-state index contributed by atoms with van der Waals surface area (Å²) in [6, 6.07) is 1.98. The fourth-order valence-electron chi connectivity index (χ4n) is 3.00. The molecule has 2 aromatic heterocycles. The first kappa shape index (κ1) is 14.8. The van der Waals surface area contributed by atoms with E-state index in [1.165, 1.54) is 6.92 Å². The Morgan fingerprint density at radius 2 is 2.32 bits per heavy atom. The number of likely N-dealkylation sites (tertiary alicyclic amines) is 1. The number of aryl methyl sites for hydroxylation is 2. The zero-order valence-corrected chi connectivity index (χ0v) is 13.0. The van der Waals surface area contributed by atoms with Crippen molar-refractivity contribution in [1.82, 2.24) is 20.4 Å². The third-order valence-corrected chi connectivity index (χ3v) is 4.06. The number of carbonyl (C=O) groups excluding carboxylic acids is 1. The first-order valence-electron chi connectivity index (χ1n) is 7.33. The van der Waals surface area contributed by atoms with Crippen LogP contribution in [0.5, 0.6) is 0 Å². The number of nitrogens with zero attached hydrogens (tertiary/aromatic N) is 3. The highest BCUT2D eigenvalue weighted by Crippen LogP contribution is 2.32. The van der Waals surface area contributed by atoms with Gasteiger partial charge in [-0.1, -0.05) is 5.16 Å². The van der Waals surface area contributed by atoms with Gasteiger partial charge in [0.2, 0.25) is 5.91 Å². The maximum absolute atomic E-state index is 11.6. The van der Waals surface area contributed by atoms with Gasteiger partial charge in [0.15, 0.2) is 5.82 Å². The van der Waals surface area contributed by atoms with Crippen molar-refractivity contribution in [2.24, 2.45) is 0 Å². The molecule has 1 fully saturated rings. The predicted octanol–water partition coefficient (Wildman–Crippen LogP) is 1.52. The van der Waals surface area contributed by atoms with Crippen molar-refractivity contribution in [3.8, 4) is 0 Å². The normalized spacial score (nSPS) is 22.1. The summed E-state index contributed by atoms with van der Waals surface area (Å²) in [5.41, 5.74) is 0.547. The Labute approximate surface area is 128 Å². The Morgan fingerprint density at radius 3 is 2.91 bits per heavy atom. The summed E-state index contributed by atoms with van der Waals surface area (Å²) in [5, 5.41) is 6.87. The van der Waals surface area contributed by atoms with E-state index in [4.69, 9.17) is 8.94 Å². The predicted molar refractivity (Wildman–Crippen MR) is 77.9 cm³/mol. The third-order valence-electron chi connectivity index (χ3n) is 4.06. The minimum Gasteiger partial charge on any atom is -0.469 e. The van der Waals surface area contributed by atoms with Crippen molar-refractivity contribution in [1.29, 1.82) is 0 Å². The second kappa shape index (κ2) is 5.57. The summed E-state index contributed by atoms with van der Waals surface area (Å²) in [5.74, 6) is 1.87. The van der Waals surface area contributed by atoms with Crippen LogP contribution >= 0.6 is 0 Å². The summed E-state index contributed by atoms with van der Waals surface area (Å²) >= 11 is 0. The lowest BCUT2D eigenvalue weighted by molar-refractivity contribution is -0.121. The summed E-state index contributed by atoms with van der Waals surface area (Å²) < 4.78 is 10.7. The van der Waals surface area contributed by atoms with E-state index in [9.17, 15) is 4.79 Å². The average Bonchev–Trinajstić information content (AvgIpc) is 3.13. The minimum atomic E-state index is -0.606. The van der Waals surface area contributed by atoms with E-state index in [-0.39, 0.29) is 5.91 Å². The van der Waals surface area contributed by atoms with Gasteiger partial charge in [0.1, 0.15) is 11.3 Å². The standard InChI is InChI=1S/C15H20N4O3/c1-10-13(4-7-21-10)8-19-6-5-15(9-19,17-12(3)20)14-16-11(2)18-22-14/h4,7H,5-6,8-9H2,1-3H3,(H,17,20). The summed E-state index contributed by atoms with van der Waals surface area (Å²) in [7, 11) is 0. The van der Waals surface area contributed by atoms with E-state index in [0.717, 1.165) is 30.8 Å². The topological polar surface area (TPSA) is 84.4 Å². The van der Waals surface area contributed by atoms with Gasteiger partial charge in [0.05, 0.1) is 6.26 Å². The van der Waals surface area contributed by atoms with Crippen LogP contribution in [-0.4, -0.2) is 34.0 Å². The minimum absolute atomic E-state index is 0.0998. The number of aromatic nitrogens is 2. The molecule has 1 saturated heterocycles. The van der Waals surface area contributed by atoms with Crippen molar-refractivity contribution < 1.29 is 13.7 Å². The molecule has 118 valence electrons. The molecule has 1 atom stereocenters. The van der Waals surface area contributed by atoms with Gasteiger partial charge in [-0.2, -0.15) is 4.98 Å². The summed E-state index contributed by atoms with van der Waals surface area (Å²) in [6.45, 7) is 7.49. The number of amides is 1. The molecule has 0 spiro atoms. The highest BCUT2D eigenvalue weighted by atomic mass is 16.5. The SMILES string of the molecule is CC(=O)NC1(c2nc(C)no2)CCN(Cc2ccoc2C)C1. The molecule has 1 aliphatic rings. The van der Waals surface area contributed by atoms with Crippen LogP contribution in [0.15, 0.2) is 21.3 Å². The second-order valence-corrected chi connectivity index (χ2v) is 5.87. The molecule has 7 nitrogen and oxygen atoms in total. The molecule has 0 aromatic carbocycles. The van der Waals surface area contributed by atoms with Gasteiger partial charge < -0.3 is 14.3 Å². The Bertz CT molecular complexity index is 678. The quantitative estimate of drug-likeness (QED) is 0.922. The molecule has 3 heterocycles.